The Balaban J connectivity index is 1.61. The van der Waals surface area contributed by atoms with Gasteiger partial charge >= 0.3 is 0 Å². The zero-order valence-electron chi connectivity index (χ0n) is 21.2. The summed E-state index contributed by atoms with van der Waals surface area (Å²) < 4.78 is 5.21. The van der Waals surface area contributed by atoms with Crippen molar-refractivity contribution in [2.24, 2.45) is 5.92 Å². The minimum Gasteiger partial charge on any atom is -0.497 e. The van der Waals surface area contributed by atoms with E-state index in [4.69, 9.17) is 4.74 Å². The summed E-state index contributed by atoms with van der Waals surface area (Å²) in [4.78, 5) is 41.3. The second-order valence-corrected chi connectivity index (χ2v) is 10.2. The van der Waals surface area contributed by atoms with Gasteiger partial charge in [0.2, 0.25) is 5.91 Å². The van der Waals surface area contributed by atoms with Crippen molar-refractivity contribution in [3.8, 4) is 5.75 Å². The molecule has 1 aliphatic heterocycles. The number of benzene rings is 3. The molecule has 4 rings (SSSR count). The zero-order chi connectivity index (χ0) is 26.5. The number of thioether (sulfide) groups is 1. The molecule has 1 heterocycles. The van der Waals surface area contributed by atoms with Gasteiger partial charge in [0.1, 0.15) is 16.4 Å². The summed E-state index contributed by atoms with van der Waals surface area (Å²) in [5.74, 6) is -0.000871. The van der Waals surface area contributed by atoms with Gasteiger partial charge in [-0.15, -0.1) is 0 Å². The van der Waals surface area contributed by atoms with E-state index in [9.17, 15) is 14.4 Å². The van der Waals surface area contributed by atoms with Crippen molar-refractivity contribution in [2.45, 2.75) is 32.1 Å². The lowest BCUT2D eigenvalue weighted by molar-refractivity contribution is -0.120. The van der Waals surface area contributed by atoms with Crippen molar-refractivity contribution < 1.29 is 19.1 Å². The summed E-state index contributed by atoms with van der Waals surface area (Å²) in [5, 5.41) is 6.04. The summed E-state index contributed by atoms with van der Waals surface area (Å²) in [7, 11) is 1.56. The van der Waals surface area contributed by atoms with Crippen molar-refractivity contribution in [2.75, 3.05) is 22.6 Å². The number of rotatable bonds is 9. The van der Waals surface area contributed by atoms with Crippen LogP contribution in [0, 0.1) is 12.8 Å². The molecule has 190 valence electrons. The first-order chi connectivity index (χ1) is 17.7. The molecule has 0 unspecified atom stereocenters. The van der Waals surface area contributed by atoms with E-state index < -0.39 is 11.8 Å². The monoisotopic (exact) mass is 515 g/mol. The molecule has 0 saturated carbocycles. The number of ether oxygens (including phenoxy) is 1. The van der Waals surface area contributed by atoms with Crippen LogP contribution in [-0.4, -0.2) is 24.8 Å². The Morgan fingerprint density at radius 3 is 2.11 bits per heavy atom. The van der Waals surface area contributed by atoms with Crippen LogP contribution >= 0.6 is 11.8 Å². The number of carbonyl (C=O) groups is 3. The molecule has 2 N–H and O–H groups in total. The Bertz CT molecular complexity index is 1330. The molecule has 0 bridgehead atoms. The molecule has 1 aliphatic rings. The number of nitrogens with zero attached hydrogens (tertiary/aromatic N) is 1. The van der Waals surface area contributed by atoms with Crippen molar-refractivity contribution in [1.82, 2.24) is 0 Å². The van der Waals surface area contributed by atoms with Crippen LogP contribution in [-0.2, 0) is 14.4 Å². The van der Waals surface area contributed by atoms with E-state index in [1.165, 1.54) is 16.7 Å². The molecule has 0 aliphatic carbocycles. The van der Waals surface area contributed by atoms with E-state index in [2.05, 4.69) is 10.6 Å². The third-order valence-corrected chi connectivity index (χ3v) is 6.74. The summed E-state index contributed by atoms with van der Waals surface area (Å²) in [6.07, 6.45) is 0.440. The Hall–Kier alpha value is -4.04. The lowest BCUT2D eigenvalue weighted by Crippen LogP contribution is -2.32. The fraction of sp³-hybridized carbons (Fsp3) is 0.207. The molecule has 8 heteroatoms. The summed E-state index contributed by atoms with van der Waals surface area (Å²) in [6, 6.07) is 21.6. The van der Waals surface area contributed by atoms with Gasteiger partial charge in [-0.1, -0.05) is 43.3 Å². The average Bonchev–Trinajstić information content (AvgIpc) is 3.10. The highest BCUT2D eigenvalue weighted by atomic mass is 32.2. The predicted octanol–water partition coefficient (Wildman–Crippen LogP) is 5.98. The van der Waals surface area contributed by atoms with Crippen LogP contribution in [0.4, 0.5) is 17.1 Å². The number of hydrogen-bond acceptors (Lipinski definition) is 6. The fourth-order valence-corrected chi connectivity index (χ4v) is 4.70. The number of carbonyl (C=O) groups excluding carboxylic acids is 3. The standard InChI is InChI=1S/C29H29N3O4S/c1-18(2)17-25(33)30-20-9-15-24(16-10-20)37-27-26(31-21-7-5-19(3)6-8-21)28(34)32(29(27)35)22-11-13-23(36-4)14-12-22/h5-16,18,31H,17H2,1-4H3,(H,30,33). The largest absolute Gasteiger partial charge is 0.497 e. The number of amides is 3. The summed E-state index contributed by atoms with van der Waals surface area (Å²) in [5.41, 5.74) is 3.14. The van der Waals surface area contributed by atoms with Crippen molar-refractivity contribution in [3.63, 3.8) is 0 Å². The van der Waals surface area contributed by atoms with E-state index in [-0.39, 0.29) is 22.4 Å². The molecule has 0 saturated heterocycles. The maximum atomic E-state index is 13.5. The lowest BCUT2D eigenvalue weighted by Gasteiger charge is -2.15. The number of aryl methyl sites for hydroxylation is 1. The van der Waals surface area contributed by atoms with Crippen LogP contribution < -0.4 is 20.3 Å². The maximum Gasteiger partial charge on any atom is 0.283 e. The Morgan fingerprint density at radius 2 is 1.51 bits per heavy atom. The fourth-order valence-electron chi connectivity index (χ4n) is 3.77. The van der Waals surface area contributed by atoms with Gasteiger partial charge in [-0.05, 0) is 73.5 Å². The smallest absolute Gasteiger partial charge is 0.283 e. The van der Waals surface area contributed by atoms with Crippen molar-refractivity contribution in [1.29, 1.82) is 0 Å². The third-order valence-electron chi connectivity index (χ3n) is 5.64. The van der Waals surface area contributed by atoms with Gasteiger partial charge in [0.15, 0.2) is 0 Å². The Morgan fingerprint density at radius 1 is 0.892 bits per heavy atom. The minimum atomic E-state index is -0.434. The number of anilines is 3. The summed E-state index contributed by atoms with van der Waals surface area (Å²) >= 11 is 1.21. The average molecular weight is 516 g/mol. The highest BCUT2D eigenvalue weighted by Crippen LogP contribution is 2.38. The van der Waals surface area contributed by atoms with Gasteiger partial charge < -0.3 is 15.4 Å². The van der Waals surface area contributed by atoms with Gasteiger partial charge in [-0.25, -0.2) is 4.90 Å². The molecule has 3 amide bonds. The Kier molecular flexibility index (Phi) is 7.98. The van der Waals surface area contributed by atoms with Crippen molar-refractivity contribution in [3.05, 3.63) is 89.0 Å². The zero-order valence-corrected chi connectivity index (χ0v) is 22.0. The molecule has 3 aromatic carbocycles. The van der Waals surface area contributed by atoms with Crippen LogP contribution in [0.2, 0.25) is 0 Å². The lowest BCUT2D eigenvalue weighted by atomic mass is 10.1. The number of nitrogens with one attached hydrogen (secondary N) is 2. The van der Waals surface area contributed by atoms with Gasteiger partial charge in [0.05, 0.1) is 12.8 Å². The van der Waals surface area contributed by atoms with Crippen LogP contribution in [0.15, 0.2) is 88.3 Å². The summed E-state index contributed by atoms with van der Waals surface area (Å²) in [6.45, 7) is 5.96. The molecule has 37 heavy (non-hydrogen) atoms. The van der Waals surface area contributed by atoms with E-state index in [1.807, 2.05) is 57.2 Å². The molecular formula is C29H29N3O4S. The van der Waals surface area contributed by atoms with Gasteiger partial charge in [-0.2, -0.15) is 0 Å². The van der Waals surface area contributed by atoms with Crippen LogP contribution in [0.5, 0.6) is 5.75 Å². The van der Waals surface area contributed by atoms with Crippen LogP contribution in [0.1, 0.15) is 25.8 Å². The molecule has 3 aromatic rings. The van der Waals surface area contributed by atoms with E-state index in [0.29, 0.717) is 29.2 Å². The molecule has 0 fully saturated rings. The highest BCUT2D eigenvalue weighted by molar-refractivity contribution is 8.04. The third kappa shape index (κ3) is 6.21. The first-order valence-electron chi connectivity index (χ1n) is 11.9. The van der Waals surface area contributed by atoms with Gasteiger partial charge in [0.25, 0.3) is 11.8 Å². The topological polar surface area (TPSA) is 87.7 Å². The second-order valence-electron chi connectivity index (χ2n) is 9.11. The Labute approximate surface area is 220 Å². The van der Waals surface area contributed by atoms with Crippen LogP contribution in [0.25, 0.3) is 0 Å². The van der Waals surface area contributed by atoms with Crippen LogP contribution in [0.3, 0.4) is 0 Å². The predicted molar refractivity (Wildman–Crippen MR) is 148 cm³/mol. The number of imide groups is 1. The molecule has 0 radical (unpaired) electrons. The highest BCUT2D eigenvalue weighted by Gasteiger charge is 2.40. The normalized spacial score (nSPS) is 13.4. The molecule has 7 nitrogen and oxygen atoms in total. The molecule has 0 aromatic heterocycles. The van der Waals surface area contributed by atoms with E-state index >= 15 is 0 Å². The first kappa shape index (κ1) is 26.0. The molecule has 0 atom stereocenters. The number of hydrogen-bond donors (Lipinski definition) is 2. The number of methoxy groups -OCH3 is 1. The minimum absolute atomic E-state index is 0.0469. The van der Waals surface area contributed by atoms with Crippen molar-refractivity contribution >= 4 is 46.5 Å². The molecule has 0 spiro atoms. The SMILES string of the molecule is COc1ccc(N2C(=O)C(Nc3ccc(C)cc3)=C(Sc3ccc(NC(=O)CC(C)C)cc3)C2=O)cc1. The molecular weight excluding hydrogens is 486 g/mol. The maximum absolute atomic E-state index is 13.5. The van der Waals surface area contributed by atoms with E-state index in [1.54, 1.807) is 43.5 Å². The van der Waals surface area contributed by atoms with Gasteiger partial charge in [0, 0.05) is 22.7 Å². The van der Waals surface area contributed by atoms with E-state index in [0.717, 1.165) is 10.5 Å². The quantitative estimate of drug-likeness (QED) is 0.341. The van der Waals surface area contributed by atoms with Gasteiger partial charge in [-0.3, -0.25) is 14.4 Å². The second kappa shape index (κ2) is 11.3. The first-order valence-corrected chi connectivity index (χ1v) is 12.8.